The van der Waals surface area contributed by atoms with Gasteiger partial charge in [-0.1, -0.05) is 12.1 Å². The minimum absolute atomic E-state index is 0.102. The van der Waals surface area contributed by atoms with Gasteiger partial charge < -0.3 is 5.32 Å². The first-order chi connectivity index (χ1) is 6.27. The van der Waals surface area contributed by atoms with Gasteiger partial charge in [-0.3, -0.25) is 0 Å². The molecule has 1 aliphatic rings. The Labute approximate surface area is 78.0 Å². The Hall–Kier alpha value is -0.890. The van der Waals surface area contributed by atoms with Crippen LogP contribution in [0.1, 0.15) is 24.0 Å². The van der Waals surface area contributed by atoms with Crippen molar-refractivity contribution in [3.05, 3.63) is 35.1 Å². The summed E-state index contributed by atoms with van der Waals surface area (Å²) in [6.07, 6.45) is 2.54. The second-order valence-electron chi connectivity index (χ2n) is 3.68. The molecule has 0 heterocycles. The minimum atomic E-state index is -0.102. The van der Waals surface area contributed by atoms with Crippen molar-refractivity contribution in [3.8, 4) is 0 Å². The molecule has 70 valence electrons. The largest absolute Gasteiger partial charge is 0.310 e. The molecule has 1 saturated carbocycles. The van der Waals surface area contributed by atoms with E-state index in [0.717, 1.165) is 17.7 Å². The second-order valence-corrected chi connectivity index (χ2v) is 3.68. The molecule has 0 amide bonds. The third kappa shape index (κ3) is 2.07. The van der Waals surface area contributed by atoms with E-state index in [1.165, 1.54) is 18.9 Å². The van der Waals surface area contributed by atoms with Gasteiger partial charge in [-0.2, -0.15) is 0 Å². The zero-order valence-electron chi connectivity index (χ0n) is 7.81. The van der Waals surface area contributed by atoms with Gasteiger partial charge in [0.15, 0.2) is 0 Å². The van der Waals surface area contributed by atoms with Gasteiger partial charge in [0.05, 0.1) is 0 Å². The highest BCUT2D eigenvalue weighted by atomic mass is 19.1. The number of hydrogen-bond donors (Lipinski definition) is 1. The zero-order chi connectivity index (χ0) is 9.26. The van der Waals surface area contributed by atoms with E-state index in [-0.39, 0.29) is 5.82 Å². The molecule has 0 unspecified atom stereocenters. The van der Waals surface area contributed by atoms with Gasteiger partial charge in [0.25, 0.3) is 0 Å². The van der Waals surface area contributed by atoms with E-state index in [4.69, 9.17) is 0 Å². The molecule has 0 atom stereocenters. The summed E-state index contributed by atoms with van der Waals surface area (Å²) in [5, 5.41) is 3.37. The molecule has 0 spiro atoms. The van der Waals surface area contributed by atoms with Crippen molar-refractivity contribution >= 4 is 0 Å². The summed E-state index contributed by atoms with van der Waals surface area (Å²) < 4.78 is 13.1. The molecule has 0 aromatic heterocycles. The first kappa shape index (κ1) is 8.70. The quantitative estimate of drug-likeness (QED) is 0.751. The highest BCUT2D eigenvalue weighted by Crippen LogP contribution is 2.20. The Morgan fingerprint density at radius 1 is 1.46 bits per heavy atom. The van der Waals surface area contributed by atoms with Crippen LogP contribution in [0.25, 0.3) is 0 Å². The number of nitrogens with one attached hydrogen (secondary N) is 1. The predicted octanol–water partition coefficient (Wildman–Crippen LogP) is 2.39. The topological polar surface area (TPSA) is 12.0 Å². The molecule has 1 aliphatic carbocycles. The molecule has 1 fully saturated rings. The Morgan fingerprint density at radius 3 is 2.92 bits per heavy atom. The van der Waals surface area contributed by atoms with E-state index in [2.05, 4.69) is 5.32 Å². The summed E-state index contributed by atoms with van der Waals surface area (Å²) in [5.74, 6) is -0.102. The van der Waals surface area contributed by atoms with Crippen LogP contribution in [0.5, 0.6) is 0 Å². The lowest BCUT2D eigenvalue weighted by Gasteiger charge is -2.06. The average Bonchev–Trinajstić information content (AvgIpc) is 2.91. The van der Waals surface area contributed by atoms with Crippen LogP contribution in [0.2, 0.25) is 0 Å². The molecule has 1 aromatic carbocycles. The maximum absolute atomic E-state index is 13.1. The van der Waals surface area contributed by atoms with E-state index in [0.29, 0.717) is 6.04 Å². The standard InChI is InChI=1S/C11H14FN/c1-8-9(3-2-4-11(8)12)7-13-10-5-6-10/h2-4,10,13H,5-7H2,1H3. The van der Waals surface area contributed by atoms with E-state index in [9.17, 15) is 4.39 Å². The predicted molar refractivity (Wildman–Crippen MR) is 51.0 cm³/mol. The van der Waals surface area contributed by atoms with Crippen LogP contribution in [-0.2, 0) is 6.54 Å². The smallest absolute Gasteiger partial charge is 0.126 e. The fraction of sp³-hybridized carbons (Fsp3) is 0.455. The molecule has 2 heteroatoms. The van der Waals surface area contributed by atoms with E-state index in [1.54, 1.807) is 6.07 Å². The van der Waals surface area contributed by atoms with Gasteiger partial charge in [-0.15, -0.1) is 0 Å². The molecule has 0 radical (unpaired) electrons. The minimum Gasteiger partial charge on any atom is -0.310 e. The van der Waals surface area contributed by atoms with Crippen molar-refractivity contribution in [3.63, 3.8) is 0 Å². The molecular weight excluding hydrogens is 165 g/mol. The van der Waals surface area contributed by atoms with Gasteiger partial charge in [0.2, 0.25) is 0 Å². The first-order valence-corrected chi connectivity index (χ1v) is 4.75. The summed E-state index contributed by atoms with van der Waals surface area (Å²) >= 11 is 0. The van der Waals surface area contributed by atoms with Crippen molar-refractivity contribution in [2.45, 2.75) is 32.4 Å². The third-order valence-corrected chi connectivity index (χ3v) is 2.54. The molecule has 0 saturated heterocycles. The molecule has 0 bridgehead atoms. The normalized spacial score (nSPS) is 16.2. The lowest BCUT2D eigenvalue weighted by molar-refractivity contribution is 0.608. The number of hydrogen-bond acceptors (Lipinski definition) is 1. The van der Waals surface area contributed by atoms with Crippen LogP contribution in [0, 0.1) is 12.7 Å². The monoisotopic (exact) mass is 179 g/mol. The van der Waals surface area contributed by atoms with Crippen molar-refractivity contribution in [2.24, 2.45) is 0 Å². The Morgan fingerprint density at radius 2 is 2.23 bits per heavy atom. The summed E-state index contributed by atoms with van der Waals surface area (Å²) in [6.45, 7) is 2.63. The van der Waals surface area contributed by atoms with Crippen molar-refractivity contribution in [2.75, 3.05) is 0 Å². The van der Waals surface area contributed by atoms with Gasteiger partial charge in [0, 0.05) is 12.6 Å². The molecule has 1 N–H and O–H groups in total. The van der Waals surface area contributed by atoms with Crippen LogP contribution in [-0.4, -0.2) is 6.04 Å². The van der Waals surface area contributed by atoms with Crippen LogP contribution in [0.4, 0.5) is 4.39 Å². The molecule has 1 nitrogen and oxygen atoms in total. The lowest BCUT2D eigenvalue weighted by atomic mass is 10.1. The van der Waals surface area contributed by atoms with Crippen LogP contribution < -0.4 is 5.32 Å². The Kier molecular flexibility index (Phi) is 2.32. The Balaban J connectivity index is 2.05. The maximum Gasteiger partial charge on any atom is 0.126 e. The summed E-state index contributed by atoms with van der Waals surface area (Å²) in [6, 6.07) is 5.94. The van der Waals surface area contributed by atoms with Crippen LogP contribution >= 0.6 is 0 Å². The van der Waals surface area contributed by atoms with Crippen molar-refractivity contribution < 1.29 is 4.39 Å². The Bertz CT molecular complexity index is 305. The van der Waals surface area contributed by atoms with Gasteiger partial charge in [-0.05, 0) is 37.0 Å². The number of benzene rings is 1. The van der Waals surface area contributed by atoms with Gasteiger partial charge >= 0.3 is 0 Å². The molecule has 2 rings (SSSR count). The summed E-state index contributed by atoms with van der Waals surface area (Å²) in [5.41, 5.74) is 1.85. The van der Waals surface area contributed by atoms with E-state index >= 15 is 0 Å². The van der Waals surface area contributed by atoms with E-state index in [1.807, 2.05) is 13.0 Å². The SMILES string of the molecule is Cc1c(F)cccc1CNC1CC1. The van der Waals surface area contributed by atoms with Crippen molar-refractivity contribution in [1.82, 2.24) is 5.32 Å². The number of halogens is 1. The maximum atomic E-state index is 13.1. The molecular formula is C11H14FN. The molecule has 13 heavy (non-hydrogen) atoms. The fourth-order valence-electron chi connectivity index (χ4n) is 1.39. The lowest BCUT2D eigenvalue weighted by Crippen LogP contribution is -2.16. The average molecular weight is 179 g/mol. The van der Waals surface area contributed by atoms with Crippen LogP contribution in [0.3, 0.4) is 0 Å². The third-order valence-electron chi connectivity index (χ3n) is 2.54. The fourth-order valence-corrected chi connectivity index (χ4v) is 1.39. The highest BCUT2D eigenvalue weighted by Gasteiger charge is 2.20. The first-order valence-electron chi connectivity index (χ1n) is 4.75. The van der Waals surface area contributed by atoms with Gasteiger partial charge in [-0.25, -0.2) is 4.39 Å². The van der Waals surface area contributed by atoms with Crippen molar-refractivity contribution in [1.29, 1.82) is 0 Å². The zero-order valence-corrected chi connectivity index (χ0v) is 7.81. The van der Waals surface area contributed by atoms with Gasteiger partial charge in [0.1, 0.15) is 5.82 Å². The second kappa shape index (κ2) is 3.46. The molecule has 0 aliphatic heterocycles. The van der Waals surface area contributed by atoms with Crippen LogP contribution in [0.15, 0.2) is 18.2 Å². The molecule has 1 aromatic rings. The summed E-state index contributed by atoms with van der Waals surface area (Å²) in [4.78, 5) is 0. The van der Waals surface area contributed by atoms with E-state index < -0.39 is 0 Å². The highest BCUT2D eigenvalue weighted by molar-refractivity contribution is 5.27. The summed E-state index contributed by atoms with van der Waals surface area (Å²) in [7, 11) is 0. The number of rotatable bonds is 3.